The number of likely N-dealkylation sites (N-methyl/N-ethyl adjacent to an activating group) is 1. The van der Waals surface area contributed by atoms with E-state index in [-0.39, 0.29) is 0 Å². The summed E-state index contributed by atoms with van der Waals surface area (Å²) < 4.78 is 0. The van der Waals surface area contributed by atoms with Gasteiger partial charge in [-0.2, -0.15) is 0 Å². The average molecular weight is 206 g/mol. The molecule has 0 atom stereocenters. The number of anilines is 1. The van der Waals surface area contributed by atoms with E-state index in [4.69, 9.17) is 5.73 Å². The molecule has 2 N–H and O–H groups in total. The van der Waals surface area contributed by atoms with E-state index in [1.165, 1.54) is 18.5 Å². The molecule has 0 saturated carbocycles. The zero-order valence-electron chi connectivity index (χ0n) is 9.87. The highest BCUT2D eigenvalue weighted by Gasteiger charge is 2.01. The van der Waals surface area contributed by atoms with Crippen molar-refractivity contribution < 1.29 is 0 Å². The van der Waals surface area contributed by atoms with E-state index in [0.29, 0.717) is 0 Å². The minimum absolute atomic E-state index is 0.867. The summed E-state index contributed by atoms with van der Waals surface area (Å²) in [7, 11) is 0. The summed E-state index contributed by atoms with van der Waals surface area (Å²) in [5, 5.41) is 0. The zero-order chi connectivity index (χ0) is 11.1. The zero-order valence-corrected chi connectivity index (χ0v) is 9.87. The van der Waals surface area contributed by atoms with Crippen molar-refractivity contribution in [2.75, 3.05) is 25.4 Å². The Labute approximate surface area is 93.1 Å². The van der Waals surface area contributed by atoms with Gasteiger partial charge in [0.25, 0.3) is 0 Å². The van der Waals surface area contributed by atoms with Crippen molar-refractivity contribution in [2.24, 2.45) is 0 Å². The third-order valence-corrected chi connectivity index (χ3v) is 2.65. The van der Waals surface area contributed by atoms with Gasteiger partial charge in [-0.1, -0.05) is 26.0 Å². The van der Waals surface area contributed by atoms with Gasteiger partial charge in [0.05, 0.1) is 0 Å². The summed E-state index contributed by atoms with van der Waals surface area (Å²) in [6, 6.07) is 8.18. The molecule has 0 radical (unpaired) electrons. The van der Waals surface area contributed by atoms with Crippen LogP contribution in [0.3, 0.4) is 0 Å². The van der Waals surface area contributed by atoms with E-state index < -0.39 is 0 Å². The van der Waals surface area contributed by atoms with Crippen LogP contribution < -0.4 is 5.73 Å². The van der Waals surface area contributed by atoms with Crippen LogP contribution in [0.4, 0.5) is 5.69 Å². The number of benzene rings is 1. The molecule has 0 spiro atoms. The molecular formula is C13H22N2. The second-order valence-electron chi connectivity index (χ2n) is 3.93. The molecular weight excluding hydrogens is 184 g/mol. The quantitative estimate of drug-likeness (QED) is 0.725. The maximum atomic E-state index is 5.74. The highest BCUT2D eigenvalue weighted by molar-refractivity contribution is 5.40. The fourth-order valence-electron chi connectivity index (χ4n) is 1.78. The molecule has 0 bridgehead atoms. The monoisotopic (exact) mass is 206 g/mol. The summed E-state index contributed by atoms with van der Waals surface area (Å²) >= 11 is 0. The molecule has 1 aromatic rings. The lowest BCUT2D eigenvalue weighted by Gasteiger charge is -2.19. The van der Waals surface area contributed by atoms with Crippen LogP contribution >= 0.6 is 0 Å². The van der Waals surface area contributed by atoms with Gasteiger partial charge >= 0.3 is 0 Å². The van der Waals surface area contributed by atoms with E-state index in [0.717, 1.165) is 25.2 Å². The number of rotatable bonds is 6. The lowest BCUT2D eigenvalue weighted by Crippen LogP contribution is -2.26. The standard InChI is InChI=1S/C13H22N2/c1-3-9-15(4-2)10-8-12-6-5-7-13(14)11-12/h5-7,11H,3-4,8-10,14H2,1-2H3. The topological polar surface area (TPSA) is 29.3 Å². The average Bonchev–Trinajstić information content (AvgIpc) is 2.24. The van der Waals surface area contributed by atoms with Crippen molar-refractivity contribution in [1.82, 2.24) is 4.90 Å². The van der Waals surface area contributed by atoms with Crippen LogP contribution in [0.1, 0.15) is 25.8 Å². The lowest BCUT2D eigenvalue weighted by atomic mass is 10.1. The Morgan fingerprint density at radius 3 is 2.60 bits per heavy atom. The van der Waals surface area contributed by atoms with Crippen molar-refractivity contribution in [1.29, 1.82) is 0 Å². The van der Waals surface area contributed by atoms with Gasteiger partial charge in [0.15, 0.2) is 0 Å². The molecule has 0 aliphatic heterocycles. The first-order valence-electron chi connectivity index (χ1n) is 5.83. The molecule has 0 fully saturated rings. The van der Waals surface area contributed by atoms with Gasteiger partial charge in [0.2, 0.25) is 0 Å². The van der Waals surface area contributed by atoms with Crippen molar-refractivity contribution in [2.45, 2.75) is 26.7 Å². The molecule has 0 aliphatic rings. The molecule has 0 unspecified atom stereocenters. The van der Waals surface area contributed by atoms with Gasteiger partial charge in [-0.15, -0.1) is 0 Å². The van der Waals surface area contributed by atoms with E-state index in [1.54, 1.807) is 0 Å². The van der Waals surface area contributed by atoms with Crippen molar-refractivity contribution in [3.05, 3.63) is 29.8 Å². The smallest absolute Gasteiger partial charge is 0.0316 e. The van der Waals surface area contributed by atoms with Crippen LogP contribution in [0.5, 0.6) is 0 Å². The van der Waals surface area contributed by atoms with Crippen molar-refractivity contribution in [3.63, 3.8) is 0 Å². The number of nitrogens with zero attached hydrogens (tertiary/aromatic N) is 1. The van der Waals surface area contributed by atoms with E-state index >= 15 is 0 Å². The molecule has 0 amide bonds. The normalized spacial score (nSPS) is 10.9. The second kappa shape index (κ2) is 6.46. The number of hydrogen-bond acceptors (Lipinski definition) is 2. The molecule has 1 rings (SSSR count). The molecule has 0 saturated heterocycles. The van der Waals surface area contributed by atoms with Crippen molar-refractivity contribution >= 4 is 5.69 Å². The van der Waals surface area contributed by atoms with Gasteiger partial charge in [-0.05, 0) is 43.6 Å². The molecule has 2 heteroatoms. The molecule has 84 valence electrons. The third kappa shape index (κ3) is 4.34. The predicted molar refractivity (Wildman–Crippen MR) is 67.0 cm³/mol. The van der Waals surface area contributed by atoms with Crippen LogP contribution in [0.2, 0.25) is 0 Å². The van der Waals surface area contributed by atoms with Crippen LogP contribution in [-0.4, -0.2) is 24.5 Å². The minimum atomic E-state index is 0.867. The second-order valence-corrected chi connectivity index (χ2v) is 3.93. The summed E-state index contributed by atoms with van der Waals surface area (Å²) in [6.07, 6.45) is 2.32. The third-order valence-electron chi connectivity index (χ3n) is 2.65. The summed E-state index contributed by atoms with van der Waals surface area (Å²) in [4.78, 5) is 2.48. The Morgan fingerprint density at radius 2 is 2.00 bits per heavy atom. The number of nitrogens with two attached hydrogens (primary N) is 1. The van der Waals surface area contributed by atoms with Crippen LogP contribution in [-0.2, 0) is 6.42 Å². The largest absolute Gasteiger partial charge is 0.399 e. The predicted octanol–water partition coefficient (Wildman–Crippen LogP) is 2.54. The number of nitrogen functional groups attached to an aromatic ring is 1. The first-order valence-corrected chi connectivity index (χ1v) is 5.83. The maximum absolute atomic E-state index is 5.74. The van der Waals surface area contributed by atoms with E-state index in [9.17, 15) is 0 Å². The minimum Gasteiger partial charge on any atom is -0.399 e. The Bertz CT molecular complexity index is 284. The van der Waals surface area contributed by atoms with Gasteiger partial charge in [0.1, 0.15) is 0 Å². The molecule has 2 nitrogen and oxygen atoms in total. The highest BCUT2D eigenvalue weighted by Crippen LogP contribution is 2.07. The maximum Gasteiger partial charge on any atom is 0.0316 e. The van der Waals surface area contributed by atoms with Crippen molar-refractivity contribution in [3.8, 4) is 0 Å². The molecule has 1 aromatic carbocycles. The first-order chi connectivity index (χ1) is 7.26. The fourth-order valence-corrected chi connectivity index (χ4v) is 1.78. The number of hydrogen-bond donors (Lipinski definition) is 1. The highest BCUT2D eigenvalue weighted by atomic mass is 15.1. The Hall–Kier alpha value is -1.02. The fraction of sp³-hybridized carbons (Fsp3) is 0.538. The molecule has 0 aliphatic carbocycles. The SMILES string of the molecule is CCCN(CC)CCc1cccc(N)c1. The summed E-state index contributed by atoms with van der Waals surface area (Å²) in [5.74, 6) is 0. The Balaban J connectivity index is 2.41. The van der Waals surface area contributed by atoms with E-state index in [2.05, 4.69) is 30.9 Å². The van der Waals surface area contributed by atoms with E-state index in [1.807, 2.05) is 12.1 Å². The van der Waals surface area contributed by atoms with Gasteiger partial charge < -0.3 is 10.6 Å². The molecule has 0 heterocycles. The van der Waals surface area contributed by atoms with Gasteiger partial charge in [-0.3, -0.25) is 0 Å². The molecule has 0 aromatic heterocycles. The van der Waals surface area contributed by atoms with Crippen LogP contribution in [0.25, 0.3) is 0 Å². The van der Waals surface area contributed by atoms with Crippen LogP contribution in [0, 0.1) is 0 Å². The summed E-state index contributed by atoms with van der Waals surface area (Å²) in [5.41, 5.74) is 7.95. The first kappa shape index (κ1) is 12.1. The Kier molecular flexibility index (Phi) is 5.19. The van der Waals surface area contributed by atoms with Crippen LogP contribution in [0.15, 0.2) is 24.3 Å². The Morgan fingerprint density at radius 1 is 1.20 bits per heavy atom. The van der Waals surface area contributed by atoms with Gasteiger partial charge in [0, 0.05) is 12.2 Å². The van der Waals surface area contributed by atoms with Gasteiger partial charge in [-0.25, -0.2) is 0 Å². The summed E-state index contributed by atoms with van der Waals surface area (Å²) in [6.45, 7) is 7.90. The lowest BCUT2D eigenvalue weighted by molar-refractivity contribution is 0.292. The molecule has 15 heavy (non-hydrogen) atoms.